The van der Waals surface area contributed by atoms with Crippen LogP contribution in [0.1, 0.15) is 220 Å². The summed E-state index contributed by atoms with van der Waals surface area (Å²) in [6.45, 7) is 10.7. The van der Waals surface area contributed by atoms with Gasteiger partial charge in [0.15, 0.2) is 0 Å². The van der Waals surface area contributed by atoms with E-state index in [9.17, 15) is 9.59 Å². The maximum atomic E-state index is 13.4. The van der Waals surface area contributed by atoms with Crippen LogP contribution < -0.4 is 0 Å². The second kappa shape index (κ2) is 42.8. The number of ether oxygens (including phenoxy) is 4. The molecule has 0 bridgehead atoms. The Morgan fingerprint density at radius 3 is 1.68 bits per heavy atom. The van der Waals surface area contributed by atoms with Gasteiger partial charge in [0.05, 0.1) is 6.61 Å². The molecule has 0 aromatic heterocycles. The molecule has 5 unspecified atom stereocenters. The second-order valence-corrected chi connectivity index (χ2v) is 19.4. The zero-order valence-corrected chi connectivity index (χ0v) is 42.7. The molecule has 2 aliphatic rings. The Morgan fingerprint density at radius 2 is 1.12 bits per heavy atom. The van der Waals surface area contributed by atoms with Crippen molar-refractivity contribution in [2.75, 3.05) is 46.6 Å². The highest BCUT2D eigenvalue weighted by atomic mass is 16.6. The largest absolute Gasteiger partial charge is 0.463 e. The lowest BCUT2D eigenvalue weighted by atomic mass is 9.88. The van der Waals surface area contributed by atoms with E-state index in [0.717, 1.165) is 77.3 Å². The summed E-state index contributed by atoms with van der Waals surface area (Å²) in [7, 11) is 2.11. The molecule has 0 aromatic carbocycles. The highest BCUT2D eigenvalue weighted by Crippen LogP contribution is 2.39. The smallest absolute Gasteiger partial charge is 0.306 e. The third-order valence-corrected chi connectivity index (χ3v) is 13.3. The van der Waals surface area contributed by atoms with Crippen molar-refractivity contribution >= 4 is 11.9 Å². The fourth-order valence-electron chi connectivity index (χ4n) is 9.27. The molecule has 0 radical (unpaired) electrons. The molecular formula is C58H101NO6. The molecule has 0 amide bonds. The van der Waals surface area contributed by atoms with E-state index < -0.39 is 0 Å². The van der Waals surface area contributed by atoms with Crippen molar-refractivity contribution in [1.82, 2.24) is 4.90 Å². The maximum absolute atomic E-state index is 13.4. The first-order valence-electron chi connectivity index (χ1n) is 27.4. The average molecular weight is 908 g/mol. The van der Waals surface area contributed by atoms with Gasteiger partial charge in [-0.3, -0.25) is 9.59 Å². The van der Waals surface area contributed by atoms with Gasteiger partial charge in [-0.1, -0.05) is 159 Å². The number of hydrogen-bond donors (Lipinski definition) is 0. The number of carbonyl (C=O) groups is 2. The summed E-state index contributed by atoms with van der Waals surface area (Å²) in [6.07, 6.45) is 57.2. The van der Waals surface area contributed by atoms with Crippen LogP contribution >= 0.6 is 0 Å². The topological polar surface area (TPSA) is 74.3 Å². The summed E-state index contributed by atoms with van der Waals surface area (Å²) in [4.78, 5) is 28.7. The van der Waals surface area contributed by atoms with Gasteiger partial charge in [0, 0.05) is 38.5 Å². The minimum atomic E-state index is -0.267. The van der Waals surface area contributed by atoms with Gasteiger partial charge in [0.1, 0.15) is 18.8 Å². The van der Waals surface area contributed by atoms with Crippen LogP contribution in [0.3, 0.4) is 0 Å². The summed E-state index contributed by atoms with van der Waals surface area (Å²) < 4.78 is 24.5. The SMILES string of the molecule is CC/C=C\CC1C(CC(=O)OCC(COCCCCCCCC/C=C\C/C=C\CCCCC)OCCCCCCCC/C=C\C/C=C\CCCCC)CCC1OC(=O)CC1CCN(C)C1. The van der Waals surface area contributed by atoms with E-state index in [2.05, 4.69) is 93.5 Å². The highest BCUT2D eigenvalue weighted by Gasteiger charge is 2.39. The van der Waals surface area contributed by atoms with Crippen molar-refractivity contribution in [3.63, 3.8) is 0 Å². The lowest BCUT2D eigenvalue weighted by Gasteiger charge is -2.24. The molecule has 0 aromatic rings. The lowest BCUT2D eigenvalue weighted by Crippen LogP contribution is -2.30. The van der Waals surface area contributed by atoms with Gasteiger partial charge < -0.3 is 23.8 Å². The molecule has 2 fully saturated rings. The first-order chi connectivity index (χ1) is 32.0. The quantitative estimate of drug-likeness (QED) is 0.0343. The molecule has 2 rings (SSSR count). The third-order valence-electron chi connectivity index (χ3n) is 13.3. The van der Waals surface area contributed by atoms with E-state index in [1.54, 1.807) is 0 Å². The number of unbranched alkanes of at least 4 members (excludes halogenated alkanes) is 18. The zero-order chi connectivity index (χ0) is 46.7. The Balaban J connectivity index is 1.72. The van der Waals surface area contributed by atoms with Crippen LogP contribution in [0.25, 0.3) is 0 Å². The highest BCUT2D eigenvalue weighted by molar-refractivity contribution is 5.70. The number of esters is 2. The zero-order valence-electron chi connectivity index (χ0n) is 42.7. The molecule has 7 nitrogen and oxygen atoms in total. The summed E-state index contributed by atoms with van der Waals surface area (Å²) in [5.74, 6) is 0.375. The molecule has 65 heavy (non-hydrogen) atoms. The normalized spacial score (nSPS) is 19.9. The number of hydrogen-bond acceptors (Lipinski definition) is 7. The number of carbonyl (C=O) groups excluding carboxylic acids is 2. The number of rotatable bonds is 43. The number of nitrogens with zero attached hydrogens (tertiary/aromatic N) is 1. The molecule has 0 N–H and O–H groups in total. The van der Waals surface area contributed by atoms with E-state index in [1.807, 2.05) is 0 Å². The summed E-state index contributed by atoms with van der Waals surface area (Å²) >= 11 is 0. The van der Waals surface area contributed by atoms with Gasteiger partial charge in [-0.2, -0.15) is 0 Å². The predicted molar refractivity (Wildman–Crippen MR) is 275 cm³/mol. The van der Waals surface area contributed by atoms with Crippen molar-refractivity contribution in [2.24, 2.45) is 17.8 Å². The van der Waals surface area contributed by atoms with Crippen molar-refractivity contribution in [2.45, 2.75) is 232 Å². The van der Waals surface area contributed by atoms with E-state index >= 15 is 0 Å². The molecule has 374 valence electrons. The Hall–Kier alpha value is -2.48. The minimum absolute atomic E-state index is 0.0850. The maximum Gasteiger partial charge on any atom is 0.306 e. The molecule has 5 atom stereocenters. The van der Waals surface area contributed by atoms with Crippen molar-refractivity contribution in [3.8, 4) is 0 Å². The number of allylic oxidation sites excluding steroid dienone is 10. The lowest BCUT2D eigenvalue weighted by molar-refractivity contribution is -0.153. The molecule has 1 heterocycles. The Bertz CT molecular complexity index is 1270. The molecule has 1 saturated carbocycles. The van der Waals surface area contributed by atoms with Crippen LogP contribution in [0, 0.1) is 17.8 Å². The summed E-state index contributed by atoms with van der Waals surface area (Å²) in [6, 6.07) is 0. The van der Waals surface area contributed by atoms with Crippen molar-refractivity contribution in [3.05, 3.63) is 60.8 Å². The van der Waals surface area contributed by atoms with Gasteiger partial charge in [0.25, 0.3) is 0 Å². The summed E-state index contributed by atoms with van der Waals surface area (Å²) in [5, 5.41) is 0. The molecule has 7 heteroatoms. The molecule has 1 saturated heterocycles. The van der Waals surface area contributed by atoms with Gasteiger partial charge in [-0.15, -0.1) is 0 Å². The molecule has 1 aliphatic heterocycles. The van der Waals surface area contributed by atoms with Crippen LogP contribution in [0.4, 0.5) is 0 Å². The van der Waals surface area contributed by atoms with Crippen LogP contribution in [0.15, 0.2) is 60.8 Å². The van der Waals surface area contributed by atoms with Crippen LogP contribution in [0.5, 0.6) is 0 Å². The second-order valence-electron chi connectivity index (χ2n) is 19.4. The first kappa shape index (κ1) is 58.6. The Morgan fingerprint density at radius 1 is 0.569 bits per heavy atom. The summed E-state index contributed by atoms with van der Waals surface area (Å²) in [5.41, 5.74) is 0. The van der Waals surface area contributed by atoms with Crippen molar-refractivity contribution in [1.29, 1.82) is 0 Å². The first-order valence-corrected chi connectivity index (χ1v) is 27.4. The van der Waals surface area contributed by atoms with Gasteiger partial charge in [-0.05, 0) is 135 Å². The average Bonchev–Trinajstić information content (AvgIpc) is 3.88. The van der Waals surface area contributed by atoms with Gasteiger partial charge >= 0.3 is 11.9 Å². The van der Waals surface area contributed by atoms with Gasteiger partial charge in [0.2, 0.25) is 0 Å². The van der Waals surface area contributed by atoms with E-state index in [-0.39, 0.29) is 42.6 Å². The fourth-order valence-corrected chi connectivity index (χ4v) is 9.27. The molecular weight excluding hydrogens is 807 g/mol. The van der Waals surface area contributed by atoms with Crippen molar-refractivity contribution < 1.29 is 28.5 Å². The predicted octanol–water partition coefficient (Wildman–Crippen LogP) is 15.6. The Labute approximate surface area is 401 Å². The van der Waals surface area contributed by atoms with Crippen LogP contribution in [-0.2, 0) is 28.5 Å². The van der Waals surface area contributed by atoms with Crippen LogP contribution in [-0.4, -0.2) is 75.6 Å². The van der Waals surface area contributed by atoms with E-state index in [1.165, 1.54) is 122 Å². The number of likely N-dealkylation sites (tertiary alicyclic amines) is 1. The van der Waals surface area contributed by atoms with E-state index in [0.29, 0.717) is 38.6 Å². The monoisotopic (exact) mass is 908 g/mol. The third kappa shape index (κ3) is 33.6. The van der Waals surface area contributed by atoms with Crippen LogP contribution in [0.2, 0.25) is 0 Å². The van der Waals surface area contributed by atoms with E-state index in [4.69, 9.17) is 18.9 Å². The van der Waals surface area contributed by atoms with Gasteiger partial charge in [-0.25, -0.2) is 0 Å². The Kier molecular flexibility index (Phi) is 38.7. The fraction of sp³-hybridized carbons (Fsp3) is 0.793. The molecule has 1 aliphatic carbocycles. The standard InChI is InChI=1S/C58H101NO6/c1-5-8-11-13-15-17-19-21-23-25-27-29-31-33-35-38-45-62-50-54(63-46-39-36-34-32-30-28-26-24-22-20-18-16-14-12-9-6-2)51-64-57(60)48-53-41-42-56(55(53)40-37-10-7-3)65-58(61)47-52-43-44-59(4)49-52/h10,15-18,21-24,37,52-56H,5-9,11-14,19-20,25-36,38-51H2,1-4H3/b17-15-,18-16-,23-21-,24-22-,37-10-. The molecule has 0 spiro atoms. The minimum Gasteiger partial charge on any atom is -0.463 e.